The van der Waals surface area contributed by atoms with Gasteiger partial charge in [0.2, 0.25) is 0 Å². The maximum Gasteiger partial charge on any atom is 0.102 e. The van der Waals surface area contributed by atoms with Gasteiger partial charge >= 0.3 is 0 Å². The molecule has 1 unspecified atom stereocenters. The summed E-state index contributed by atoms with van der Waals surface area (Å²) in [5, 5.41) is 8.47. The van der Waals surface area contributed by atoms with Crippen LogP contribution in [-0.2, 0) is 12.1 Å². The van der Waals surface area contributed by atoms with Gasteiger partial charge in [-0.25, -0.2) is 0 Å². The van der Waals surface area contributed by atoms with E-state index in [9.17, 15) is 0 Å². The third kappa shape index (κ3) is 5.57. The van der Waals surface area contributed by atoms with E-state index in [0.29, 0.717) is 5.92 Å². The highest BCUT2D eigenvalue weighted by Crippen LogP contribution is 2.23. The van der Waals surface area contributed by atoms with Gasteiger partial charge in [0.1, 0.15) is 5.69 Å². The van der Waals surface area contributed by atoms with Gasteiger partial charge in [-0.1, -0.05) is 19.1 Å². The van der Waals surface area contributed by atoms with E-state index in [4.69, 9.17) is 5.73 Å². The van der Waals surface area contributed by atoms with Crippen molar-refractivity contribution < 1.29 is 0 Å². The van der Waals surface area contributed by atoms with Crippen LogP contribution in [0.3, 0.4) is 0 Å². The average Bonchev–Trinajstić information content (AvgIpc) is 2.94. The zero-order chi connectivity index (χ0) is 17.0. The largest absolute Gasteiger partial charge is 0.320 e. The summed E-state index contributed by atoms with van der Waals surface area (Å²) in [5.74, 6) is 1.52. The Morgan fingerprint density at radius 2 is 1.87 bits per heavy atom. The van der Waals surface area contributed by atoms with Gasteiger partial charge in [0.25, 0.3) is 0 Å². The van der Waals surface area contributed by atoms with E-state index >= 15 is 0 Å². The Morgan fingerprint density at radius 1 is 1.22 bits per heavy atom. The first-order chi connectivity index (χ1) is 10.8. The van der Waals surface area contributed by atoms with Gasteiger partial charge in [-0.05, 0) is 71.4 Å². The van der Waals surface area contributed by atoms with Gasteiger partial charge in [0, 0.05) is 12.6 Å². The van der Waals surface area contributed by atoms with Gasteiger partial charge < -0.3 is 10.6 Å². The highest BCUT2D eigenvalue weighted by atomic mass is 15.4. The van der Waals surface area contributed by atoms with Gasteiger partial charge in [-0.15, -0.1) is 5.10 Å². The second kappa shape index (κ2) is 7.75. The minimum absolute atomic E-state index is 0.409. The maximum absolute atomic E-state index is 6.08. The van der Waals surface area contributed by atoms with E-state index in [0.717, 1.165) is 24.2 Å². The van der Waals surface area contributed by atoms with Crippen LogP contribution in [0.1, 0.15) is 66.0 Å². The number of likely N-dealkylation sites (tertiary alicyclic amines) is 1. The zero-order valence-corrected chi connectivity index (χ0v) is 15.6. The Balaban J connectivity index is 1.77. The van der Waals surface area contributed by atoms with E-state index in [2.05, 4.69) is 36.0 Å². The molecule has 5 heteroatoms. The minimum Gasteiger partial charge on any atom is -0.320 e. The van der Waals surface area contributed by atoms with Gasteiger partial charge in [-0.2, -0.15) is 0 Å². The molecular weight excluding hydrogens is 286 g/mol. The predicted molar refractivity (Wildman–Crippen MR) is 95.1 cm³/mol. The molecule has 1 aliphatic heterocycles. The maximum atomic E-state index is 6.08. The average molecular weight is 322 g/mol. The van der Waals surface area contributed by atoms with E-state index in [1.54, 1.807) is 0 Å². The van der Waals surface area contributed by atoms with Crippen molar-refractivity contribution in [1.29, 1.82) is 0 Å². The molecule has 132 valence electrons. The highest BCUT2D eigenvalue weighted by Gasteiger charge is 2.24. The fourth-order valence-corrected chi connectivity index (χ4v) is 3.28. The Morgan fingerprint density at radius 3 is 2.39 bits per heavy atom. The topological polar surface area (TPSA) is 60.0 Å². The number of rotatable bonds is 7. The Bertz CT molecular complexity index is 466. The van der Waals surface area contributed by atoms with Crippen LogP contribution in [0.5, 0.6) is 0 Å². The van der Waals surface area contributed by atoms with E-state index < -0.39 is 5.54 Å². The predicted octanol–water partition coefficient (Wildman–Crippen LogP) is 3.01. The molecular formula is C18H35N5. The summed E-state index contributed by atoms with van der Waals surface area (Å²) < 4.78 is 1.98. The molecule has 0 radical (unpaired) electrons. The summed E-state index contributed by atoms with van der Waals surface area (Å²) in [7, 11) is 0. The Hall–Kier alpha value is -0.940. The second-order valence-corrected chi connectivity index (χ2v) is 8.35. The third-order valence-electron chi connectivity index (χ3n) is 5.08. The molecule has 1 atom stereocenters. The molecule has 2 N–H and O–H groups in total. The van der Waals surface area contributed by atoms with Crippen LogP contribution >= 0.6 is 0 Å². The number of aromatic nitrogens is 3. The SMILES string of the molecule is CC(C)CCC(C)N1CCC(Cn2cc(C(C)(C)N)nn2)CC1. The molecule has 2 rings (SSSR count). The van der Waals surface area contributed by atoms with Gasteiger partial charge in [0.05, 0.1) is 11.7 Å². The summed E-state index contributed by atoms with van der Waals surface area (Å²) in [6, 6.07) is 0.717. The first-order valence-corrected chi connectivity index (χ1v) is 9.19. The van der Waals surface area contributed by atoms with Crippen LogP contribution in [0.2, 0.25) is 0 Å². The van der Waals surface area contributed by atoms with Crippen molar-refractivity contribution in [3.8, 4) is 0 Å². The number of nitrogens with two attached hydrogens (primary N) is 1. The molecule has 0 amide bonds. The van der Waals surface area contributed by atoms with Crippen molar-refractivity contribution >= 4 is 0 Å². The smallest absolute Gasteiger partial charge is 0.102 e. The lowest BCUT2D eigenvalue weighted by molar-refractivity contribution is 0.123. The molecule has 1 aliphatic rings. The van der Waals surface area contributed by atoms with E-state index in [1.165, 1.54) is 38.8 Å². The van der Waals surface area contributed by atoms with Crippen molar-refractivity contribution in [3.05, 3.63) is 11.9 Å². The van der Waals surface area contributed by atoms with Crippen LogP contribution in [0, 0.1) is 11.8 Å². The molecule has 1 saturated heterocycles. The normalized spacial score (nSPS) is 19.4. The fourth-order valence-electron chi connectivity index (χ4n) is 3.28. The first kappa shape index (κ1) is 18.4. The number of hydrogen-bond acceptors (Lipinski definition) is 4. The summed E-state index contributed by atoms with van der Waals surface area (Å²) in [4.78, 5) is 2.66. The quantitative estimate of drug-likeness (QED) is 0.838. The fraction of sp³-hybridized carbons (Fsp3) is 0.889. The lowest BCUT2D eigenvalue weighted by atomic mass is 9.94. The van der Waals surface area contributed by atoms with E-state index in [1.807, 2.05) is 24.7 Å². The van der Waals surface area contributed by atoms with E-state index in [-0.39, 0.29) is 0 Å². The Labute approximate surface area is 141 Å². The van der Waals surface area contributed by atoms with Crippen LogP contribution in [0.4, 0.5) is 0 Å². The standard InChI is InChI=1S/C18H35N5/c1-14(2)6-7-15(3)22-10-8-16(9-11-22)12-23-13-17(20-21-23)18(4,5)19/h13-16H,6-12,19H2,1-5H3. The minimum atomic E-state index is -0.409. The third-order valence-corrected chi connectivity index (χ3v) is 5.08. The molecule has 1 fully saturated rings. The zero-order valence-electron chi connectivity index (χ0n) is 15.6. The van der Waals surface area contributed by atoms with Crippen molar-refractivity contribution in [2.75, 3.05) is 13.1 Å². The van der Waals surface area contributed by atoms with Crippen LogP contribution < -0.4 is 5.73 Å². The molecule has 23 heavy (non-hydrogen) atoms. The summed E-state index contributed by atoms with van der Waals surface area (Å²) in [6.45, 7) is 14.4. The van der Waals surface area contributed by atoms with Gasteiger partial charge in [0.15, 0.2) is 0 Å². The molecule has 0 saturated carbocycles. The highest BCUT2D eigenvalue weighted by molar-refractivity contribution is 5.05. The molecule has 1 aromatic rings. The van der Waals surface area contributed by atoms with Crippen molar-refractivity contribution in [3.63, 3.8) is 0 Å². The molecule has 0 aliphatic carbocycles. The van der Waals surface area contributed by atoms with Crippen LogP contribution in [-0.4, -0.2) is 39.0 Å². The van der Waals surface area contributed by atoms with Crippen LogP contribution in [0.25, 0.3) is 0 Å². The summed E-state index contributed by atoms with van der Waals surface area (Å²) in [6.07, 6.45) is 7.18. The first-order valence-electron chi connectivity index (χ1n) is 9.19. The number of nitrogens with zero attached hydrogens (tertiary/aromatic N) is 4. The lowest BCUT2D eigenvalue weighted by Gasteiger charge is -2.36. The molecule has 0 aromatic carbocycles. The molecule has 1 aromatic heterocycles. The monoisotopic (exact) mass is 321 g/mol. The lowest BCUT2D eigenvalue weighted by Crippen LogP contribution is -2.40. The molecule has 5 nitrogen and oxygen atoms in total. The van der Waals surface area contributed by atoms with Gasteiger partial charge in [-0.3, -0.25) is 4.68 Å². The number of piperidine rings is 1. The molecule has 2 heterocycles. The second-order valence-electron chi connectivity index (χ2n) is 8.35. The van der Waals surface area contributed by atoms with Crippen molar-refractivity contribution in [2.45, 2.75) is 78.4 Å². The molecule has 0 spiro atoms. The summed E-state index contributed by atoms with van der Waals surface area (Å²) in [5.41, 5.74) is 6.55. The van der Waals surface area contributed by atoms with Crippen molar-refractivity contribution in [1.82, 2.24) is 19.9 Å². The summed E-state index contributed by atoms with van der Waals surface area (Å²) >= 11 is 0. The molecule has 0 bridgehead atoms. The van der Waals surface area contributed by atoms with Crippen LogP contribution in [0.15, 0.2) is 6.20 Å². The Kier molecular flexibility index (Phi) is 6.20. The van der Waals surface area contributed by atoms with Crippen molar-refractivity contribution in [2.24, 2.45) is 17.6 Å². The number of hydrogen-bond donors (Lipinski definition) is 1.